The van der Waals surface area contributed by atoms with Crippen LogP contribution in [0.15, 0.2) is 36.4 Å². The van der Waals surface area contributed by atoms with E-state index in [0.29, 0.717) is 6.54 Å². The second kappa shape index (κ2) is 6.73. The van der Waals surface area contributed by atoms with Crippen LogP contribution in [0, 0.1) is 6.92 Å². The molecule has 1 aromatic heterocycles. The van der Waals surface area contributed by atoms with E-state index in [-0.39, 0.29) is 6.04 Å². The van der Waals surface area contributed by atoms with Crippen LogP contribution < -0.4 is 10.1 Å². The maximum Gasteiger partial charge on any atom is 0.122 e. The summed E-state index contributed by atoms with van der Waals surface area (Å²) in [5.41, 5.74) is 3.09. The van der Waals surface area contributed by atoms with Gasteiger partial charge in [0.2, 0.25) is 0 Å². The standard InChI is InChI=1S/C16H19ClN2O/c1-11-7-16(20-3)9-15(19-11)10-18-12(2)13-5-4-6-14(17)8-13/h4-9,12,18H,10H2,1-3H3/t12-/m1/s1. The van der Waals surface area contributed by atoms with Gasteiger partial charge in [-0.05, 0) is 31.5 Å². The molecule has 2 aromatic rings. The fourth-order valence-electron chi connectivity index (χ4n) is 2.06. The third kappa shape index (κ3) is 3.95. The van der Waals surface area contributed by atoms with E-state index in [1.54, 1.807) is 7.11 Å². The summed E-state index contributed by atoms with van der Waals surface area (Å²) in [6.45, 7) is 4.76. The number of benzene rings is 1. The molecule has 0 saturated heterocycles. The number of hydrogen-bond acceptors (Lipinski definition) is 3. The lowest BCUT2D eigenvalue weighted by Gasteiger charge is -2.15. The lowest BCUT2D eigenvalue weighted by Crippen LogP contribution is -2.19. The number of aromatic nitrogens is 1. The minimum Gasteiger partial charge on any atom is -0.497 e. The van der Waals surface area contributed by atoms with Crippen molar-refractivity contribution in [2.45, 2.75) is 26.4 Å². The van der Waals surface area contributed by atoms with Gasteiger partial charge < -0.3 is 10.1 Å². The fourth-order valence-corrected chi connectivity index (χ4v) is 2.26. The molecule has 1 aromatic carbocycles. The van der Waals surface area contributed by atoms with Crippen molar-refractivity contribution in [2.75, 3.05) is 7.11 Å². The molecule has 0 aliphatic rings. The summed E-state index contributed by atoms with van der Waals surface area (Å²) in [6, 6.07) is 12.0. The van der Waals surface area contributed by atoms with Crippen LogP contribution in [0.1, 0.15) is 29.9 Å². The van der Waals surface area contributed by atoms with Gasteiger partial charge in [0, 0.05) is 35.4 Å². The van der Waals surface area contributed by atoms with Crippen LogP contribution in [-0.2, 0) is 6.54 Å². The van der Waals surface area contributed by atoms with E-state index in [1.807, 2.05) is 37.3 Å². The SMILES string of the molecule is COc1cc(C)nc(CN[C@H](C)c2cccc(Cl)c2)c1. The van der Waals surface area contributed by atoms with Crippen LogP contribution in [-0.4, -0.2) is 12.1 Å². The molecule has 20 heavy (non-hydrogen) atoms. The quantitative estimate of drug-likeness (QED) is 0.907. The largest absolute Gasteiger partial charge is 0.497 e. The summed E-state index contributed by atoms with van der Waals surface area (Å²) in [5, 5.41) is 4.20. The van der Waals surface area contributed by atoms with Gasteiger partial charge in [0.25, 0.3) is 0 Å². The topological polar surface area (TPSA) is 34.1 Å². The van der Waals surface area contributed by atoms with Crippen molar-refractivity contribution in [1.29, 1.82) is 0 Å². The van der Waals surface area contributed by atoms with Crippen molar-refractivity contribution in [3.05, 3.63) is 58.4 Å². The molecular weight excluding hydrogens is 272 g/mol. The number of halogens is 1. The molecule has 0 amide bonds. The number of nitrogens with one attached hydrogen (secondary N) is 1. The first kappa shape index (κ1) is 14.8. The molecule has 0 aliphatic carbocycles. The van der Waals surface area contributed by atoms with Gasteiger partial charge in [-0.25, -0.2) is 0 Å². The summed E-state index contributed by atoms with van der Waals surface area (Å²) < 4.78 is 5.26. The Balaban J connectivity index is 2.03. The average molecular weight is 291 g/mol. The third-order valence-corrected chi connectivity index (χ3v) is 3.39. The van der Waals surface area contributed by atoms with Gasteiger partial charge >= 0.3 is 0 Å². The smallest absolute Gasteiger partial charge is 0.122 e. The monoisotopic (exact) mass is 290 g/mol. The zero-order valence-corrected chi connectivity index (χ0v) is 12.7. The zero-order chi connectivity index (χ0) is 14.5. The van der Waals surface area contributed by atoms with Gasteiger partial charge in [-0.1, -0.05) is 23.7 Å². The zero-order valence-electron chi connectivity index (χ0n) is 12.0. The van der Waals surface area contributed by atoms with Crippen molar-refractivity contribution in [3.8, 4) is 5.75 Å². The number of hydrogen-bond donors (Lipinski definition) is 1. The maximum absolute atomic E-state index is 6.01. The van der Waals surface area contributed by atoms with Crippen molar-refractivity contribution in [3.63, 3.8) is 0 Å². The van der Waals surface area contributed by atoms with Crippen LogP contribution >= 0.6 is 11.6 Å². The minimum absolute atomic E-state index is 0.210. The molecule has 1 heterocycles. The summed E-state index contributed by atoms with van der Waals surface area (Å²) in [7, 11) is 1.67. The van der Waals surface area contributed by atoms with Crippen LogP contribution in [0.25, 0.3) is 0 Å². The molecule has 0 bridgehead atoms. The maximum atomic E-state index is 6.01. The number of ether oxygens (including phenoxy) is 1. The lowest BCUT2D eigenvalue weighted by atomic mass is 10.1. The first-order valence-corrected chi connectivity index (χ1v) is 6.96. The molecule has 0 saturated carbocycles. The Morgan fingerprint density at radius 3 is 2.80 bits per heavy atom. The number of pyridine rings is 1. The van der Waals surface area contributed by atoms with Gasteiger partial charge in [-0.15, -0.1) is 0 Å². The summed E-state index contributed by atoms with van der Waals surface area (Å²) >= 11 is 6.01. The molecule has 3 nitrogen and oxygen atoms in total. The van der Waals surface area contributed by atoms with E-state index in [1.165, 1.54) is 0 Å². The Morgan fingerprint density at radius 1 is 1.30 bits per heavy atom. The van der Waals surface area contributed by atoms with Crippen molar-refractivity contribution < 1.29 is 4.74 Å². The summed E-state index contributed by atoms with van der Waals surface area (Å²) in [4.78, 5) is 4.50. The average Bonchev–Trinajstić information content (AvgIpc) is 2.44. The predicted molar refractivity (Wildman–Crippen MR) is 82.2 cm³/mol. The molecule has 0 unspecified atom stereocenters. The Bertz CT molecular complexity index is 586. The van der Waals surface area contributed by atoms with Gasteiger partial charge in [-0.3, -0.25) is 4.98 Å². The van der Waals surface area contributed by atoms with Gasteiger partial charge in [0.05, 0.1) is 12.8 Å². The van der Waals surface area contributed by atoms with E-state index >= 15 is 0 Å². The van der Waals surface area contributed by atoms with E-state index in [4.69, 9.17) is 16.3 Å². The number of rotatable bonds is 5. The van der Waals surface area contributed by atoms with Crippen molar-refractivity contribution in [1.82, 2.24) is 10.3 Å². The van der Waals surface area contributed by atoms with Crippen LogP contribution in [0.5, 0.6) is 5.75 Å². The first-order valence-electron chi connectivity index (χ1n) is 6.59. The van der Waals surface area contributed by atoms with E-state index in [9.17, 15) is 0 Å². The summed E-state index contributed by atoms with van der Waals surface area (Å²) in [5.74, 6) is 0.838. The van der Waals surface area contributed by atoms with Crippen LogP contribution in [0.3, 0.4) is 0 Å². The van der Waals surface area contributed by atoms with Gasteiger partial charge in [0.15, 0.2) is 0 Å². The Kier molecular flexibility index (Phi) is 4.99. The highest BCUT2D eigenvalue weighted by Gasteiger charge is 2.07. The lowest BCUT2D eigenvalue weighted by molar-refractivity contribution is 0.412. The first-order chi connectivity index (χ1) is 9.58. The Hall–Kier alpha value is -1.58. The van der Waals surface area contributed by atoms with Crippen molar-refractivity contribution >= 4 is 11.6 Å². The minimum atomic E-state index is 0.210. The van der Waals surface area contributed by atoms with Gasteiger partial charge in [-0.2, -0.15) is 0 Å². The molecule has 0 spiro atoms. The molecule has 4 heteroatoms. The highest BCUT2D eigenvalue weighted by molar-refractivity contribution is 6.30. The Morgan fingerprint density at radius 2 is 2.10 bits per heavy atom. The molecule has 0 radical (unpaired) electrons. The highest BCUT2D eigenvalue weighted by Crippen LogP contribution is 2.18. The fraction of sp³-hybridized carbons (Fsp3) is 0.312. The highest BCUT2D eigenvalue weighted by atomic mass is 35.5. The van der Waals surface area contributed by atoms with E-state index in [0.717, 1.165) is 27.7 Å². The number of nitrogens with zero attached hydrogens (tertiary/aromatic N) is 1. The second-order valence-electron chi connectivity index (χ2n) is 4.80. The predicted octanol–water partition coefficient (Wildman–Crippen LogP) is 3.90. The summed E-state index contributed by atoms with van der Waals surface area (Å²) in [6.07, 6.45) is 0. The Labute approximate surface area is 124 Å². The van der Waals surface area contributed by atoms with E-state index < -0.39 is 0 Å². The van der Waals surface area contributed by atoms with Crippen molar-refractivity contribution in [2.24, 2.45) is 0 Å². The normalized spacial score (nSPS) is 12.2. The van der Waals surface area contributed by atoms with Crippen LogP contribution in [0.2, 0.25) is 5.02 Å². The molecule has 2 rings (SSSR count). The molecule has 1 atom stereocenters. The molecule has 1 N–H and O–H groups in total. The third-order valence-electron chi connectivity index (χ3n) is 3.15. The second-order valence-corrected chi connectivity index (χ2v) is 5.23. The van der Waals surface area contributed by atoms with Crippen LogP contribution in [0.4, 0.5) is 0 Å². The van der Waals surface area contributed by atoms with E-state index in [2.05, 4.69) is 23.3 Å². The van der Waals surface area contributed by atoms with Gasteiger partial charge in [0.1, 0.15) is 5.75 Å². The molecular formula is C16H19ClN2O. The number of methoxy groups -OCH3 is 1. The molecule has 0 aliphatic heterocycles. The molecule has 106 valence electrons. The number of aryl methyl sites for hydroxylation is 1. The molecule has 0 fully saturated rings.